The van der Waals surface area contributed by atoms with Gasteiger partial charge in [0.1, 0.15) is 17.8 Å². The predicted octanol–water partition coefficient (Wildman–Crippen LogP) is 1.82. The summed E-state index contributed by atoms with van der Waals surface area (Å²) in [4.78, 5) is 26.4. The van der Waals surface area contributed by atoms with Crippen molar-refractivity contribution in [1.82, 2.24) is 15.1 Å². The normalized spacial score (nSPS) is 23.8. The van der Waals surface area contributed by atoms with Crippen LogP contribution in [0.15, 0.2) is 36.7 Å². The molecular weight excluding hydrogens is 334 g/mol. The summed E-state index contributed by atoms with van der Waals surface area (Å²) >= 11 is 0. The summed E-state index contributed by atoms with van der Waals surface area (Å²) in [5, 5.41) is 16.6. The molecule has 26 heavy (non-hydrogen) atoms. The van der Waals surface area contributed by atoms with Crippen molar-refractivity contribution < 1.29 is 19.4 Å². The summed E-state index contributed by atoms with van der Waals surface area (Å²) in [5.41, 5.74) is 0.890. The van der Waals surface area contributed by atoms with Crippen LogP contribution >= 0.6 is 0 Å². The van der Waals surface area contributed by atoms with Crippen LogP contribution < -0.4 is 4.74 Å². The minimum absolute atomic E-state index is 0.000927. The van der Waals surface area contributed by atoms with Gasteiger partial charge in [-0.05, 0) is 24.5 Å². The molecule has 2 aliphatic rings. The molecule has 0 aliphatic carbocycles. The Balaban J connectivity index is 1.48. The van der Waals surface area contributed by atoms with Crippen molar-refractivity contribution in [3.8, 4) is 5.75 Å². The van der Waals surface area contributed by atoms with Crippen LogP contribution in [-0.2, 0) is 16.0 Å². The Morgan fingerprint density at radius 2 is 2.23 bits per heavy atom. The van der Waals surface area contributed by atoms with Gasteiger partial charge in [-0.1, -0.05) is 18.2 Å². The summed E-state index contributed by atoms with van der Waals surface area (Å²) in [6.45, 7) is 0.728. The van der Waals surface area contributed by atoms with Crippen molar-refractivity contribution in [3.05, 3.63) is 47.8 Å². The number of rotatable bonds is 5. The smallest absolute Gasteiger partial charge is 0.315 e. The Morgan fingerprint density at radius 1 is 1.38 bits per heavy atom. The Hall–Kier alpha value is -2.83. The standard InChI is InChI=1S/C19H21N3O4/c23-17(7-3-4-13-8-20-21-9-13)22-10-15-14-5-1-2-6-16(14)26-12-19(15,11-22)18(24)25/h1-2,5-6,8-9,15H,3-4,7,10-12H2,(H,20,21)(H,24,25)/t15-,19-/m1/s1. The first-order chi connectivity index (χ1) is 12.6. The van der Waals surface area contributed by atoms with Gasteiger partial charge in [0.25, 0.3) is 0 Å². The summed E-state index contributed by atoms with van der Waals surface area (Å²) < 4.78 is 5.73. The highest BCUT2D eigenvalue weighted by Gasteiger charge is 2.57. The molecule has 0 bridgehead atoms. The first-order valence-corrected chi connectivity index (χ1v) is 8.81. The summed E-state index contributed by atoms with van der Waals surface area (Å²) in [6.07, 6.45) is 5.46. The Kier molecular flexibility index (Phi) is 4.14. The van der Waals surface area contributed by atoms with Crippen LogP contribution in [0.1, 0.15) is 29.9 Å². The summed E-state index contributed by atoms with van der Waals surface area (Å²) in [7, 11) is 0. The number of carboxylic acids is 1. The average molecular weight is 355 g/mol. The molecule has 2 N–H and O–H groups in total. The van der Waals surface area contributed by atoms with Crippen LogP contribution in [0.25, 0.3) is 0 Å². The number of hydrogen-bond acceptors (Lipinski definition) is 4. The maximum Gasteiger partial charge on any atom is 0.315 e. The van der Waals surface area contributed by atoms with E-state index in [1.165, 1.54) is 0 Å². The van der Waals surface area contributed by atoms with E-state index >= 15 is 0 Å². The molecule has 1 fully saturated rings. The third-order valence-corrected chi connectivity index (χ3v) is 5.51. The van der Waals surface area contributed by atoms with Crippen LogP contribution in [0.3, 0.4) is 0 Å². The van der Waals surface area contributed by atoms with Gasteiger partial charge >= 0.3 is 5.97 Å². The molecular formula is C19H21N3O4. The fourth-order valence-electron chi connectivity index (χ4n) is 4.04. The maximum atomic E-state index is 12.7. The fourth-order valence-corrected chi connectivity index (χ4v) is 4.04. The SMILES string of the molecule is O=C(CCCc1cn[nH]c1)N1C[C@@H]2c3ccccc3OC[C@]2(C(=O)O)C1. The van der Waals surface area contributed by atoms with Crippen molar-refractivity contribution >= 4 is 11.9 Å². The van der Waals surface area contributed by atoms with Gasteiger partial charge in [0.15, 0.2) is 0 Å². The van der Waals surface area contributed by atoms with Crippen LogP contribution in [0.4, 0.5) is 0 Å². The Bertz CT molecular complexity index is 820. The van der Waals surface area contributed by atoms with Gasteiger partial charge in [-0.2, -0.15) is 5.10 Å². The molecule has 7 nitrogen and oxygen atoms in total. The number of ether oxygens (including phenoxy) is 1. The number of carboxylic acid groups (broad SMARTS) is 1. The number of nitrogens with one attached hydrogen (secondary N) is 1. The minimum atomic E-state index is -1.06. The number of aromatic nitrogens is 2. The molecule has 136 valence electrons. The van der Waals surface area contributed by atoms with Crippen molar-refractivity contribution in [2.45, 2.75) is 25.2 Å². The van der Waals surface area contributed by atoms with Gasteiger partial charge in [-0.15, -0.1) is 0 Å². The second-order valence-corrected chi connectivity index (χ2v) is 7.07. The topological polar surface area (TPSA) is 95.5 Å². The number of H-pyrrole nitrogens is 1. The molecule has 1 amide bonds. The van der Waals surface area contributed by atoms with E-state index in [0.29, 0.717) is 19.4 Å². The number of aliphatic carboxylic acids is 1. The number of aromatic amines is 1. The first kappa shape index (κ1) is 16.6. The molecule has 1 aromatic carbocycles. The molecule has 2 atom stereocenters. The van der Waals surface area contributed by atoms with Gasteiger partial charge in [0.2, 0.25) is 5.91 Å². The third kappa shape index (κ3) is 2.73. The lowest BCUT2D eigenvalue weighted by atomic mass is 9.73. The zero-order valence-corrected chi connectivity index (χ0v) is 14.4. The van der Waals surface area contributed by atoms with Crippen LogP contribution in [0, 0.1) is 5.41 Å². The zero-order chi connectivity index (χ0) is 18.1. The highest BCUT2D eigenvalue weighted by Crippen LogP contribution is 2.49. The molecule has 2 aromatic rings. The number of aryl methyl sites for hydroxylation is 1. The molecule has 0 saturated carbocycles. The molecule has 2 aliphatic heterocycles. The van der Waals surface area contributed by atoms with Gasteiger partial charge in [-0.3, -0.25) is 14.7 Å². The van der Waals surface area contributed by atoms with E-state index in [2.05, 4.69) is 10.2 Å². The number of likely N-dealkylation sites (tertiary alicyclic amines) is 1. The van der Waals surface area contributed by atoms with E-state index in [1.807, 2.05) is 30.5 Å². The first-order valence-electron chi connectivity index (χ1n) is 8.81. The third-order valence-electron chi connectivity index (χ3n) is 5.51. The van der Waals surface area contributed by atoms with Crippen molar-refractivity contribution in [2.75, 3.05) is 19.7 Å². The van der Waals surface area contributed by atoms with Crippen LogP contribution in [0.5, 0.6) is 5.75 Å². The molecule has 0 unspecified atom stereocenters. The quantitative estimate of drug-likeness (QED) is 0.853. The van der Waals surface area contributed by atoms with E-state index in [0.717, 1.165) is 23.3 Å². The zero-order valence-electron chi connectivity index (χ0n) is 14.4. The van der Waals surface area contributed by atoms with E-state index < -0.39 is 11.4 Å². The van der Waals surface area contributed by atoms with Gasteiger partial charge in [0, 0.05) is 37.2 Å². The predicted molar refractivity (Wildman–Crippen MR) is 92.9 cm³/mol. The molecule has 3 heterocycles. The molecule has 0 radical (unpaired) electrons. The molecule has 0 spiro atoms. The number of carbonyl (C=O) groups excluding carboxylic acids is 1. The largest absolute Gasteiger partial charge is 0.492 e. The second-order valence-electron chi connectivity index (χ2n) is 7.07. The fraction of sp³-hybridized carbons (Fsp3) is 0.421. The van der Waals surface area contributed by atoms with Gasteiger partial charge < -0.3 is 14.7 Å². The number of hydrogen-bond donors (Lipinski definition) is 2. The van der Waals surface area contributed by atoms with Crippen LogP contribution in [-0.4, -0.2) is 51.8 Å². The van der Waals surface area contributed by atoms with Crippen molar-refractivity contribution in [1.29, 1.82) is 0 Å². The van der Waals surface area contributed by atoms with E-state index in [4.69, 9.17) is 4.74 Å². The lowest BCUT2D eigenvalue weighted by molar-refractivity contribution is -0.152. The monoisotopic (exact) mass is 355 g/mol. The van der Waals surface area contributed by atoms with E-state index in [9.17, 15) is 14.7 Å². The molecule has 7 heteroatoms. The maximum absolute atomic E-state index is 12.7. The van der Waals surface area contributed by atoms with Gasteiger partial charge in [-0.25, -0.2) is 0 Å². The highest BCUT2D eigenvalue weighted by atomic mass is 16.5. The summed E-state index contributed by atoms with van der Waals surface area (Å²) in [6, 6.07) is 7.52. The average Bonchev–Trinajstić information content (AvgIpc) is 3.29. The van der Waals surface area contributed by atoms with E-state index in [1.54, 1.807) is 11.1 Å². The molecule has 4 rings (SSSR count). The van der Waals surface area contributed by atoms with Gasteiger partial charge in [0.05, 0.1) is 6.20 Å². The number of amides is 1. The summed E-state index contributed by atoms with van der Waals surface area (Å²) in [5.74, 6) is -0.405. The number of para-hydroxylation sites is 1. The Morgan fingerprint density at radius 3 is 3.00 bits per heavy atom. The lowest BCUT2D eigenvalue weighted by Crippen LogP contribution is -2.46. The number of nitrogens with zero attached hydrogens (tertiary/aromatic N) is 2. The lowest BCUT2D eigenvalue weighted by Gasteiger charge is -2.35. The highest BCUT2D eigenvalue weighted by molar-refractivity contribution is 5.83. The molecule has 1 aromatic heterocycles. The second kappa shape index (κ2) is 6.48. The van der Waals surface area contributed by atoms with Crippen LogP contribution in [0.2, 0.25) is 0 Å². The number of fused-ring (bicyclic) bond motifs is 3. The number of carbonyl (C=O) groups is 2. The van der Waals surface area contributed by atoms with Crippen molar-refractivity contribution in [3.63, 3.8) is 0 Å². The number of benzene rings is 1. The minimum Gasteiger partial charge on any atom is -0.492 e. The van der Waals surface area contributed by atoms with E-state index in [-0.39, 0.29) is 25.0 Å². The molecule has 1 saturated heterocycles. The van der Waals surface area contributed by atoms with Crippen molar-refractivity contribution in [2.24, 2.45) is 5.41 Å². The Labute approximate surface area is 151 Å².